The standard InChI is InChI=1S/C21H24N2O2/c1-17-5-3-4-6-20(17)22-13-15-23(16-14-22)21(24)12-9-18-7-10-19(25-2)11-8-18/h3-12H,13-16H2,1-2H3/b12-9+. The van der Waals surface area contributed by atoms with Crippen LogP contribution in [0.1, 0.15) is 11.1 Å². The largest absolute Gasteiger partial charge is 0.497 e. The molecular formula is C21H24N2O2. The zero-order chi connectivity index (χ0) is 17.6. The van der Waals surface area contributed by atoms with E-state index in [2.05, 4.69) is 36.1 Å². The number of anilines is 1. The van der Waals surface area contributed by atoms with Gasteiger partial charge in [-0.2, -0.15) is 0 Å². The molecule has 2 aromatic rings. The Bertz CT molecular complexity index is 745. The quantitative estimate of drug-likeness (QED) is 0.803. The van der Waals surface area contributed by atoms with E-state index in [1.54, 1.807) is 13.2 Å². The number of aryl methyl sites for hydroxylation is 1. The maximum absolute atomic E-state index is 12.4. The highest BCUT2D eigenvalue weighted by molar-refractivity contribution is 5.92. The Hall–Kier alpha value is -2.75. The highest BCUT2D eigenvalue weighted by atomic mass is 16.5. The van der Waals surface area contributed by atoms with Crippen molar-refractivity contribution in [2.75, 3.05) is 38.2 Å². The van der Waals surface area contributed by atoms with Crippen LogP contribution >= 0.6 is 0 Å². The van der Waals surface area contributed by atoms with Gasteiger partial charge in [0.25, 0.3) is 0 Å². The molecule has 25 heavy (non-hydrogen) atoms. The van der Waals surface area contributed by atoms with E-state index in [1.165, 1.54) is 11.3 Å². The van der Waals surface area contributed by atoms with Crippen molar-refractivity contribution in [1.82, 2.24) is 4.90 Å². The Morgan fingerprint density at radius 2 is 1.68 bits per heavy atom. The molecule has 2 aromatic carbocycles. The molecule has 0 radical (unpaired) electrons. The van der Waals surface area contributed by atoms with Gasteiger partial charge in [0.15, 0.2) is 0 Å². The summed E-state index contributed by atoms with van der Waals surface area (Å²) in [5.74, 6) is 0.885. The summed E-state index contributed by atoms with van der Waals surface area (Å²) in [7, 11) is 1.64. The average molecular weight is 336 g/mol. The maximum atomic E-state index is 12.4. The Labute approximate surface area is 149 Å². The van der Waals surface area contributed by atoms with E-state index in [9.17, 15) is 4.79 Å². The number of para-hydroxylation sites is 1. The van der Waals surface area contributed by atoms with Gasteiger partial charge in [-0.1, -0.05) is 30.3 Å². The zero-order valence-corrected chi connectivity index (χ0v) is 14.8. The summed E-state index contributed by atoms with van der Waals surface area (Å²) < 4.78 is 5.14. The van der Waals surface area contributed by atoms with Crippen LogP contribution in [0.4, 0.5) is 5.69 Å². The van der Waals surface area contributed by atoms with Gasteiger partial charge in [0.05, 0.1) is 7.11 Å². The zero-order valence-electron chi connectivity index (χ0n) is 14.8. The molecule has 0 saturated carbocycles. The number of hydrogen-bond acceptors (Lipinski definition) is 3. The number of amides is 1. The second-order valence-corrected chi connectivity index (χ2v) is 6.21. The lowest BCUT2D eigenvalue weighted by molar-refractivity contribution is -0.126. The molecule has 1 aliphatic heterocycles. The van der Waals surface area contributed by atoms with Gasteiger partial charge < -0.3 is 14.5 Å². The van der Waals surface area contributed by atoms with Crippen molar-refractivity contribution in [3.05, 3.63) is 65.7 Å². The van der Waals surface area contributed by atoms with Crippen molar-refractivity contribution in [2.24, 2.45) is 0 Å². The van der Waals surface area contributed by atoms with Crippen molar-refractivity contribution in [3.63, 3.8) is 0 Å². The third kappa shape index (κ3) is 4.21. The summed E-state index contributed by atoms with van der Waals surface area (Å²) in [4.78, 5) is 16.7. The average Bonchev–Trinajstić information content (AvgIpc) is 2.67. The molecule has 1 saturated heterocycles. The van der Waals surface area contributed by atoms with Gasteiger partial charge in [0.1, 0.15) is 5.75 Å². The van der Waals surface area contributed by atoms with Gasteiger partial charge in [-0.15, -0.1) is 0 Å². The number of piperazine rings is 1. The molecule has 4 nitrogen and oxygen atoms in total. The fraction of sp³-hybridized carbons (Fsp3) is 0.286. The second-order valence-electron chi connectivity index (χ2n) is 6.21. The van der Waals surface area contributed by atoms with Crippen LogP contribution in [0.15, 0.2) is 54.6 Å². The van der Waals surface area contributed by atoms with E-state index in [0.717, 1.165) is 37.5 Å². The van der Waals surface area contributed by atoms with E-state index in [-0.39, 0.29) is 5.91 Å². The first-order valence-electron chi connectivity index (χ1n) is 8.59. The molecule has 0 aromatic heterocycles. The molecule has 1 fully saturated rings. The smallest absolute Gasteiger partial charge is 0.246 e. The van der Waals surface area contributed by atoms with Crippen LogP contribution in [0.25, 0.3) is 6.08 Å². The molecule has 0 atom stereocenters. The van der Waals surface area contributed by atoms with Crippen LogP contribution in [0, 0.1) is 6.92 Å². The molecular weight excluding hydrogens is 312 g/mol. The predicted molar refractivity (Wildman–Crippen MR) is 102 cm³/mol. The summed E-state index contributed by atoms with van der Waals surface area (Å²) in [6, 6.07) is 16.1. The maximum Gasteiger partial charge on any atom is 0.246 e. The third-order valence-electron chi connectivity index (χ3n) is 4.58. The molecule has 1 heterocycles. The van der Waals surface area contributed by atoms with Crippen molar-refractivity contribution in [3.8, 4) is 5.75 Å². The van der Waals surface area contributed by atoms with Crippen molar-refractivity contribution in [2.45, 2.75) is 6.92 Å². The fourth-order valence-corrected chi connectivity index (χ4v) is 3.07. The molecule has 1 amide bonds. The molecule has 4 heteroatoms. The van der Waals surface area contributed by atoms with Crippen molar-refractivity contribution in [1.29, 1.82) is 0 Å². The fourth-order valence-electron chi connectivity index (χ4n) is 3.07. The highest BCUT2D eigenvalue weighted by Gasteiger charge is 2.20. The predicted octanol–water partition coefficient (Wildman–Crippen LogP) is 3.37. The molecule has 0 bridgehead atoms. The van der Waals surface area contributed by atoms with Gasteiger partial charge in [-0.05, 0) is 42.3 Å². The Kier molecular flexibility index (Phi) is 5.39. The first kappa shape index (κ1) is 17.1. The van der Waals surface area contributed by atoms with Gasteiger partial charge >= 0.3 is 0 Å². The van der Waals surface area contributed by atoms with Crippen LogP contribution in [-0.2, 0) is 4.79 Å². The molecule has 0 aliphatic carbocycles. The van der Waals surface area contributed by atoms with Gasteiger partial charge in [-0.25, -0.2) is 0 Å². The van der Waals surface area contributed by atoms with E-state index in [1.807, 2.05) is 35.2 Å². The number of methoxy groups -OCH3 is 1. The number of hydrogen-bond donors (Lipinski definition) is 0. The number of rotatable bonds is 4. The van der Waals surface area contributed by atoms with E-state index in [4.69, 9.17) is 4.74 Å². The minimum Gasteiger partial charge on any atom is -0.497 e. The lowest BCUT2D eigenvalue weighted by Crippen LogP contribution is -2.48. The van der Waals surface area contributed by atoms with Crippen LogP contribution in [-0.4, -0.2) is 44.1 Å². The monoisotopic (exact) mass is 336 g/mol. The van der Waals surface area contributed by atoms with Gasteiger partial charge in [0, 0.05) is 37.9 Å². The Morgan fingerprint density at radius 3 is 2.32 bits per heavy atom. The number of carbonyl (C=O) groups excluding carboxylic acids is 1. The third-order valence-corrected chi connectivity index (χ3v) is 4.58. The van der Waals surface area contributed by atoms with Crippen LogP contribution in [0.5, 0.6) is 5.75 Å². The van der Waals surface area contributed by atoms with Crippen molar-refractivity contribution >= 4 is 17.7 Å². The number of benzene rings is 2. The Morgan fingerprint density at radius 1 is 1.00 bits per heavy atom. The lowest BCUT2D eigenvalue weighted by Gasteiger charge is -2.36. The van der Waals surface area contributed by atoms with Gasteiger partial charge in [-0.3, -0.25) is 4.79 Å². The van der Waals surface area contributed by atoms with Gasteiger partial charge in [0.2, 0.25) is 5.91 Å². The van der Waals surface area contributed by atoms with E-state index in [0.29, 0.717) is 0 Å². The summed E-state index contributed by atoms with van der Waals surface area (Å²) in [5.41, 5.74) is 3.54. The normalized spacial score (nSPS) is 14.8. The minimum absolute atomic E-state index is 0.0697. The SMILES string of the molecule is COc1ccc(/C=C/C(=O)N2CCN(c3ccccc3C)CC2)cc1. The number of carbonyl (C=O) groups is 1. The molecule has 1 aliphatic rings. The van der Waals surface area contributed by atoms with Crippen molar-refractivity contribution < 1.29 is 9.53 Å². The second kappa shape index (κ2) is 7.88. The molecule has 3 rings (SSSR count). The molecule has 0 spiro atoms. The van der Waals surface area contributed by atoms with Crippen LogP contribution in [0.3, 0.4) is 0 Å². The lowest BCUT2D eigenvalue weighted by atomic mass is 10.1. The first-order chi connectivity index (χ1) is 12.2. The topological polar surface area (TPSA) is 32.8 Å². The number of nitrogens with zero attached hydrogens (tertiary/aromatic N) is 2. The van der Waals surface area contributed by atoms with E-state index >= 15 is 0 Å². The number of ether oxygens (including phenoxy) is 1. The summed E-state index contributed by atoms with van der Waals surface area (Å²) in [6.07, 6.45) is 3.51. The first-order valence-corrected chi connectivity index (χ1v) is 8.59. The summed E-state index contributed by atoms with van der Waals surface area (Å²) >= 11 is 0. The summed E-state index contributed by atoms with van der Waals surface area (Å²) in [6.45, 7) is 5.37. The molecule has 0 N–H and O–H groups in total. The van der Waals surface area contributed by atoms with Crippen LogP contribution in [0.2, 0.25) is 0 Å². The minimum atomic E-state index is 0.0697. The molecule has 0 unspecified atom stereocenters. The van der Waals surface area contributed by atoms with E-state index < -0.39 is 0 Å². The Balaban J connectivity index is 1.56. The van der Waals surface area contributed by atoms with Crippen LogP contribution < -0.4 is 9.64 Å². The highest BCUT2D eigenvalue weighted by Crippen LogP contribution is 2.21. The summed E-state index contributed by atoms with van der Waals surface area (Å²) in [5, 5.41) is 0. The molecule has 130 valence electrons.